The van der Waals surface area contributed by atoms with E-state index >= 15 is 0 Å². The smallest absolute Gasteiger partial charge is 0.246 e. The van der Waals surface area contributed by atoms with Gasteiger partial charge in [0.05, 0.1) is 0 Å². The molecule has 26 heavy (non-hydrogen) atoms. The van der Waals surface area contributed by atoms with E-state index < -0.39 is 29.3 Å². The summed E-state index contributed by atoms with van der Waals surface area (Å²) in [5.41, 5.74) is 0.855. The number of halogens is 2. The third kappa shape index (κ3) is 4.36. The molecule has 2 aromatic carbocycles. The molecule has 5 nitrogen and oxygen atoms in total. The molecular formula is C19H19F2N3O2. The third-order valence-electron chi connectivity index (χ3n) is 4.09. The summed E-state index contributed by atoms with van der Waals surface area (Å²) in [7, 11) is 0. The molecule has 0 radical (unpaired) electrons. The van der Waals surface area contributed by atoms with E-state index in [1.807, 2.05) is 0 Å². The standard InChI is InChI=1S/C19H19F2N3O2/c1-11(18(25)24-17-15(20)3-2-4-16(17)21)22-13-7-9-14(10-8-13)23-19(26)12-5-6-12/h2-4,7-12,22H,5-6H2,1H3,(H,23,26)(H,24,25). The summed E-state index contributed by atoms with van der Waals surface area (Å²) in [4.78, 5) is 23.9. The summed E-state index contributed by atoms with van der Waals surface area (Å²) < 4.78 is 27.2. The number of anilines is 3. The molecule has 2 aromatic rings. The summed E-state index contributed by atoms with van der Waals surface area (Å²) in [5, 5.41) is 8.02. The van der Waals surface area contributed by atoms with E-state index in [0.29, 0.717) is 11.4 Å². The van der Waals surface area contributed by atoms with Gasteiger partial charge in [-0.3, -0.25) is 9.59 Å². The van der Waals surface area contributed by atoms with E-state index in [9.17, 15) is 18.4 Å². The molecule has 1 unspecified atom stereocenters. The van der Waals surface area contributed by atoms with Gasteiger partial charge >= 0.3 is 0 Å². The fourth-order valence-electron chi connectivity index (χ4n) is 2.40. The van der Waals surface area contributed by atoms with E-state index in [1.54, 1.807) is 31.2 Å². The van der Waals surface area contributed by atoms with Crippen LogP contribution in [0.1, 0.15) is 19.8 Å². The highest BCUT2D eigenvalue weighted by Gasteiger charge is 2.29. The second kappa shape index (κ2) is 7.51. The van der Waals surface area contributed by atoms with Crippen molar-refractivity contribution in [3.63, 3.8) is 0 Å². The molecule has 1 saturated carbocycles. The van der Waals surface area contributed by atoms with Gasteiger partial charge in [-0.2, -0.15) is 0 Å². The van der Waals surface area contributed by atoms with Crippen LogP contribution in [0.3, 0.4) is 0 Å². The van der Waals surface area contributed by atoms with Crippen molar-refractivity contribution in [1.82, 2.24) is 0 Å². The van der Waals surface area contributed by atoms with Crippen LogP contribution in [0.2, 0.25) is 0 Å². The Morgan fingerprint density at radius 2 is 1.54 bits per heavy atom. The van der Waals surface area contributed by atoms with E-state index in [1.165, 1.54) is 6.07 Å². The van der Waals surface area contributed by atoms with Gasteiger partial charge in [0.2, 0.25) is 11.8 Å². The van der Waals surface area contributed by atoms with Crippen molar-refractivity contribution in [2.24, 2.45) is 5.92 Å². The number of para-hydroxylation sites is 1. The van der Waals surface area contributed by atoms with E-state index in [-0.39, 0.29) is 11.8 Å². The van der Waals surface area contributed by atoms with Gasteiger partial charge in [0.15, 0.2) is 0 Å². The number of carbonyl (C=O) groups is 2. The molecule has 0 aliphatic heterocycles. The summed E-state index contributed by atoms with van der Waals surface area (Å²) in [5.74, 6) is -2.09. The molecule has 1 aliphatic carbocycles. The minimum absolute atomic E-state index is 0.0189. The zero-order chi connectivity index (χ0) is 18.7. The maximum Gasteiger partial charge on any atom is 0.246 e. The van der Waals surface area contributed by atoms with Crippen LogP contribution in [0.15, 0.2) is 42.5 Å². The number of nitrogens with one attached hydrogen (secondary N) is 3. The first-order chi connectivity index (χ1) is 12.4. The van der Waals surface area contributed by atoms with Crippen molar-refractivity contribution in [2.75, 3.05) is 16.0 Å². The van der Waals surface area contributed by atoms with Crippen molar-refractivity contribution in [3.8, 4) is 0 Å². The fourth-order valence-corrected chi connectivity index (χ4v) is 2.40. The fraction of sp³-hybridized carbons (Fsp3) is 0.263. The van der Waals surface area contributed by atoms with Crippen molar-refractivity contribution in [3.05, 3.63) is 54.1 Å². The third-order valence-corrected chi connectivity index (χ3v) is 4.09. The highest BCUT2D eigenvalue weighted by Crippen LogP contribution is 2.30. The lowest BCUT2D eigenvalue weighted by Gasteiger charge is -2.16. The van der Waals surface area contributed by atoms with Crippen LogP contribution in [0.5, 0.6) is 0 Å². The van der Waals surface area contributed by atoms with Crippen LogP contribution in [0.4, 0.5) is 25.8 Å². The number of carbonyl (C=O) groups excluding carboxylic acids is 2. The molecule has 1 fully saturated rings. The van der Waals surface area contributed by atoms with Crippen molar-refractivity contribution < 1.29 is 18.4 Å². The van der Waals surface area contributed by atoms with Gasteiger partial charge in [-0.05, 0) is 56.2 Å². The van der Waals surface area contributed by atoms with Gasteiger partial charge in [-0.15, -0.1) is 0 Å². The average molecular weight is 359 g/mol. The highest BCUT2D eigenvalue weighted by molar-refractivity contribution is 5.96. The first-order valence-corrected chi connectivity index (χ1v) is 8.36. The van der Waals surface area contributed by atoms with Crippen LogP contribution in [-0.4, -0.2) is 17.9 Å². The summed E-state index contributed by atoms with van der Waals surface area (Å²) in [6, 6.07) is 9.54. The van der Waals surface area contributed by atoms with Crippen molar-refractivity contribution >= 4 is 28.9 Å². The molecule has 136 valence electrons. The number of hydrogen-bond donors (Lipinski definition) is 3. The molecule has 0 spiro atoms. The first kappa shape index (κ1) is 17.8. The van der Waals surface area contributed by atoms with Crippen LogP contribution in [-0.2, 0) is 9.59 Å². The Labute approximate surface area is 149 Å². The second-order valence-electron chi connectivity index (χ2n) is 6.29. The molecule has 0 bridgehead atoms. The van der Waals surface area contributed by atoms with Crippen LogP contribution in [0, 0.1) is 17.6 Å². The number of hydrogen-bond acceptors (Lipinski definition) is 3. The van der Waals surface area contributed by atoms with Gasteiger partial charge < -0.3 is 16.0 Å². The number of rotatable bonds is 6. The Bertz CT molecular complexity index is 800. The summed E-state index contributed by atoms with van der Waals surface area (Å²) >= 11 is 0. The van der Waals surface area contributed by atoms with Crippen LogP contribution >= 0.6 is 0 Å². The predicted octanol–water partition coefficient (Wildman–Crippen LogP) is 3.75. The summed E-state index contributed by atoms with van der Waals surface area (Å²) in [6.07, 6.45) is 1.86. The molecule has 1 atom stereocenters. The topological polar surface area (TPSA) is 70.2 Å². The van der Waals surface area contributed by atoms with Gasteiger partial charge in [0, 0.05) is 17.3 Å². The summed E-state index contributed by atoms with van der Waals surface area (Å²) in [6.45, 7) is 1.58. The second-order valence-corrected chi connectivity index (χ2v) is 6.29. The maximum atomic E-state index is 13.6. The van der Waals surface area contributed by atoms with Crippen LogP contribution in [0.25, 0.3) is 0 Å². The quantitative estimate of drug-likeness (QED) is 0.736. The lowest BCUT2D eigenvalue weighted by atomic mass is 10.2. The number of amides is 2. The molecule has 7 heteroatoms. The highest BCUT2D eigenvalue weighted by atomic mass is 19.1. The van der Waals surface area contributed by atoms with E-state index in [4.69, 9.17) is 0 Å². The lowest BCUT2D eigenvalue weighted by Crippen LogP contribution is -2.32. The predicted molar refractivity (Wildman–Crippen MR) is 95.9 cm³/mol. The van der Waals surface area contributed by atoms with Crippen molar-refractivity contribution in [1.29, 1.82) is 0 Å². The molecule has 3 rings (SSSR count). The Hall–Kier alpha value is -2.96. The van der Waals surface area contributed by atoms with Crippen LogP contribution < -0.4 is 16.0 Å². The Kier molecular flexibility index (Phi) is 5.16. The van der Waals surface area contributed by atoms with Gasteiger partial charge in [0.25, 0.3) is 0 Å². The Morgan fingerprint density at radius 3 is 2.12 bits per heavy atom. The molecule has 0 aromatic heterocycles. The maximum absolute atomic E-state index is 13.6. The zero-order valence-corrected chi connectivity index (χ0v) is 14.2. The lowest BCUT2D eigenvalue weighted by molar-refractivity contribution is -0.117. The normalized spacial score (nSPS) is 14.4. The molecule has 2 amide bonds. The average Bonchev–Trinajstić information content (AvgIpc) is 3.45. The van der Waals surface area contributed by atoms with Gasteiger partial charge in [-0.1, -0.05) is 6.07 Å². The zero-order valence-electron chi connectivity index (χ0n) is 14.2. The minimum atomic E-state index is -0.832. The minimum Gasteiger partial charge on any atom is -0.374 e. The Morgan fingerprint density at radius 1 is 0.962 bits per heavy atom. The largest absolute Gasteiger partial charge is 0.374 e. The van der Waals surface area contributed by atoms with Crippen molar-refractivity contribution in [2.45, 2.75) is 25.8 Å². The monoisotopic (exact) mass is 359 g/mol. The van der Waals surface area contributed by atoms with Gasteiger partial charge in [0.1, 0.15) is 23.4 Å². The molecule has 1 aliphatic rings. The molecule has 3 N–H and O–H groups in total. The number of benzene rings is 2. The SMILES string of the molecule is CC(Nc1ccc(NC(=O)C2CC2)cc1)C(=O)Nc1c(F)cccc1F. The van der Waals surface area contributed by atoms with Gasteiger partial charge in [-0.25, -0.2) is 8.78 Å². The molecule has 0 saturated heterocycles. The molecule has 0 heterocycles. The van der Waals surface area contributed by atoms with E-state index in [0.717, 1.165) is 25.0 Å². The first-order valence-electron chi connectivity index (χ1n) is 8.36. The molecular weight excluding hydrogens is 340 g/mol. The van der Waals surface area contributed by atoms with E-state index in [2.05, 4.69) is 16.0 Å². The Balaban J connectivity index is 1.57.